The summed E-state index contributed by atoms with van der Waals surface area (Å²) in [6, 6.07) is 3.19. The van der Waals surface area contributed by atoms with Crippen LogP contribution in [-0.2, 0) is 12.6 Å². The second kappa shape index (κ2) is 5.80. The predicted octanol–water partition coefficient (Wildman–Crippen LogP) is 2.86. The Morgan fingerprint density at radius 2 is 2.00 bits per heavy atom. The first-order valence-electron chi connectivity index (χ1n) is 5.80. The Bertz CT molecular complexity index is 598. The Labute approximate surface area is 117 Å². The molecule has 4 nitrogen and oxygen atoms in total. The van der Waals surface area contributed by atoms with E-state index in [4.69, 9.17) is 16.7 Å². The van der Waals surface area contributed by atoms with E-state index in [2.05, 4.69) is 10.3 Å². The van der Waals surface area contributed by atoms with E-state index < -0.39 is 11.7 Å². The first kappa shape index (κ1) is 14.8. The Hall–Kier alpha value is -1.60. The van der Waals surface area contributed by atoms with E-state index in [9.17, 15) is 13.2 Å². The van der Waals surface area contributed by atoms with E-state index in [1.165, 1.54) is 16.9 Å². The molecule has 0 atom stereocenters. The van der Waals surface area contributed by atoms with Gasteiger partial charge in [-0.2, -0.15) is 13.2 Å². The largest absolute Gasteiger partial charge is 0.416 e. The van der Waals surface area contributed by atoms with Crippen molar-refractivity contribution in [1.82, 2.24) is 15.0 Å². The van der Waals surface area contributed by atoms with Gasteiger partial charge in [-0.05, 0) is 31.0 Å². The second-order valence-corrected chi connectivity index (χ2v) is 4.61. The number of nitrogens with zero attached hydrogens (tertiary/aromatic N) is 3. The van der Waals surface area contributed by atoms with Crippen molar-refractivity contribution in [1.29, 1.82) is 0 Å². The third-order valence-electron chi connectivity index (χ3n) is 2.61. The normalized spacial score (nSPS) is 11.8. The molecule has 0 amide bonds. The number of hydrogen-bond donors (Lipinski definition) is 1. The van der Waals surface area contributed by atoms with E-state index in [-0.39, 0.29) is 17.3 Å². The zero-order valence-corrected chi connectivity index (χ0v) is 11.0. The minimum atomic E-state index is -4.47. The molecule has 0 aliphatic carbocycles. The summed E-state index contributed by atoms with van der Waals surface area (Å²) in [7, 11) is 0. The van der Waals surface area contributed by atoms with Crippen LogP contribution in [0.1, 0.15) is 17.7 Å². The molecule has 0 unspecified atom stereocenters. The molecule has 0 bridgehead atoms. The van der Waals surface area contributed by atoms with E-state index >= 15 is 0 Å². The van der Waals surface area contributed by atoms with Gasteiger partial charge in [-0.3, -0.25) is 0 Å². The fourth-order valence-electron chi connectivity index (χ4n) is 1.67. The zero-order chi connectivity index (χ0) is 14.8. The fraction of sp³-hybridized carbons (Fsp3) is 0.333. The van der Waals surface area contributed by atoms with E-state index in [0.29, 0.717) is 18.5 Å². The van der Waals surface area contributed by atoms with Gasteiger partial charge in [0.05, 0.1) is 23.1 Å². The molecule has 0 saturated heterocycles. The van der Waals surface area contributed by atoms with Gasteiger partial charge in [0.25, 0.3) is 0 Å². The molecule has 2 aromatic rings. The van der Waals surface area contributed by atoms with Crippen molar-refractivity contribution >= 4 is 11.6 Å². The van der Waals surface area contributed by atoms with Gasteiger partial charge in [0.2, 0.25) is 0 Å². The fourth-order valence-corrected chi connectivity index (χ4v) is 1.90. The summed E-state index contributed by atoms with van der Waals surface area (Å²) in [5.41, 5.74) is -0.0624. The van der Waals surface area contributed by atoms with Gasteiger partial charge in [-0.15, -0.1) is 5.10 Å². The highest BCUT2D eigenvalue weighted by atomic mass is 35.5. The second-order valence-electron chi connectivity index (χ2n) is 4.18. The highest BCUT2D eigenvalue weighted by Gasteiger charge is 2.31. The Balaban J connectivity index is 2.32. The van der Waals surface area contributed by atoms with Crippen LogP contribution in [0.5, 0.6) is 0 Å². The number of aromatic nitrogens is 3. The molecule has 1 heterocycles. The van der Waals surface area contributed by atoms with Crippen molar-refractivity contribution in [2.45, 2.75) is 19.0 Å². The van der Waals surface area contributed by atoms with Crippen LogP contribution in [-0.4, -0.2) is 26.7 Å². The lowest BCUT2D eigenvalue weighted by atomic mass is 10.2. The number of benzene rings is 1. The third kappa shape index (κ3) is 3.49. The monoisotopic (exact) mass is 305 g/mol. The number of aliphatic hydroxyl groups is 1. The number of halogens is 4. The van der Waals surface area contributed by atoms with Crippen molar-refractivity contribution < 1.29 is 18.3 Å². The summed E-state index contributed by atoms with van der Waals surface area (Å²) in [4.78, 5) is 0. The lowest BCUT2D eigenvalue weighted by Gasteiger charge is -2.09. The molecule has 1 N–H and O–H groups in total. The van der Waals surface area contributed by atoms with E-state index in [0.717, 1.165) is 12.1 Å². The SMILES string of the molecule is OCCCc1cn(-c2cc(Cl)cc(C(F)(F)F)c2)nn1. The molecular formula is C12H11ClF3N3O. The molecule has 2 rings (SSSR count). The standard InChI is InChI=1S/C12H11ClF3N3O/c13-9-4-8(12(14,15)16)5-11(6-9)19-7-10(17-18-19)2-1-3-20/h4-7,20H,1-3H2. The van der Waals surface area contributed by atoms with Crippen LogP contribution >= 0.6 is 11.6 Å². The van der Waals surface area contributed by atoms with Gasteiger partial charge >= 0.3 is 6.18 Å². The predicted molar refractivity (Wildman–Crippen MR) is 66.8 cm³/mol. The summed E-state index contributed by atoms with van der Waals surface area (Å²) in [6.07, 6.45) is -1.94. The summed E-state index contributed by atoms with van der Waals surface area (Å²) < 4.78 is 39.3. The molecule has 0 aliphatic rings. The Kier molecular flexibility index (Phi) is 4.29. The number of aliphatic hydroxyl groups excluding tert-OH is 1. The Morgan fingerprint density at radius 1 is 1.25 bits per heavy atom. The topological polar surface area (TPSA) is 50.9 Å². The molecule has 108 valence electrons. The highest BCUT2D eigenvalue weighted by molar-refractivity contribution is 6.30. The van der Waals surface area contributed by atoms with Crippen LogP contribution in [0.2, 0.25) is 5.02 Å². The lowest BCUT2D eigenvalue weighted by Crippen LogP contribution is -2.06. The van der Waals surface area contributed by atoms with Crippen LogP contribution in [0.15, 0.2) is 24.4 Å². The molecule has 20 heavy (non-hydrogen) atoms. The van der Waals surface area contributed by atoms with Crippen LogP contribution in [0, 0.1) is 0 Å². The number of aryl methyl sites for hydroxylation is 1. The molecular weight excluding hydrogens is 295 g/mol. The Morgan fingerprint density at radius 3 is 2.65 bits per heavy atom. The lowest BCUT2D eigenvalue weighted by molar-refractivity contribution is -0.137. The summed E-state index contributed by atoms with van der Waals surface area (Å²) in [5.74, 6) is 0. The van der Waals surface area contributed by atoms with Gasteiger partial charge in [-0.1, -0.05) is 16.8 Å². The summed E-state index contributed by atoms with van der Waals surface area (Å²) in [5, 5.41) is 16.3. The average molecular weight is 306 g/mol. The minimum Gasteiger partial charge on any atom is -0.396 e. The van der Waals surface area contributed by atoms with Crippen molar-refractivity contribution in [3.05, 3.63) is 40.7 Å². The molecule has 0 saturated carbocycles. The van der Waals surface area contributed by atoms with Crippen molar-refractivity contribution in [3.63, 3.8) is 0 Å². The van der Waals surface area contributed by atoms with Gasteiger partial charge < -0.3 is 5.11 Å². The quantitative estimate of drug-likeness (QED) is 0.945. The molecule has 8 heteroatoms. The maximum atomic E-state index is 12.7. The van der Waals surface area contributed by atoms with Crippen LogP contribution in [0.3, 0.4) is 0 Å². The number of hydrogen-bond acceptors (Lipinski definition) is 3. The van der Waals surface area contributed by atoms with Gasteiger partial charge in [0, 0.05) is 11.6 Å². The van der Waals surface area contributed by atoms with Gasteiger partial charge in [0.15, 0.2) is 0 Å². The number of alkyl halides is 3. The minimum absolute atomic E-state index is 0.0161. The van der Waals surface area contributed by atoms with E-state index in [1.54, 1.807) is 0 Å². The first-order chi connectivity index (χ1) is 9.40. The molecule has 0 aliphatic heterocycles. The van der Waals surface area contributed by atoms with Crippen LogP contribution < -0.4 is 0 Å². The molecule has 1 aromatic heterocycles. The first-order valence-corrected chi connectivity index (χ1v) is 6.18. The van der Waals surface area contributed by atoms with E-state index in [1.807, 2.05) is 0 Å². The van der Waals surface area contributed by atoms with Gasteiger partial charge in [0.1, 0.15) is 0 Å². The maximum Gasteiger partial charge on any atom is 0.416 e. The number of rotatable bonds is 4. The zero-order valence-electron chi connectivity index (χ0n) is 10.2. The maximum absolute atomic E-state index is 12.7. The smallest absolute Gasteiger partial charge is 0.396 e. The third-order valence-corrected chi connectivity index (χ3v) is 2.82. The van der Waals surface area contributed by atoms with Crippen molar-refractivity contribution in [2.24, 2.45) is 0 Å². The average Bonchev–Trinajstić information content (AvgIpc) is 2.83. The van der Waals surface area contributed by atoms with Crippen LogP contribution in [0.25, 0.3) is 5.69 Å². The van der Waals surface area contributed by atoms with Gasteiger partial charge in [-0.25, -0.2) is 4.68 Å². The van der Waals surface area contributed by atoms with Crippen molar-refractivity contribution in [2.75, 3.05) is 6.61 Å². The molecule has 0 radical (unpaired) electrons. The highest BCUT2D eigenvalue weighted by Crippen LogP contribution is 2.32. The summed E-state index contributed by atoms with van der Waals surface area (Å²) >= 11 is 5.70. The molecule has 0 spiro atoms. The van der Waals surface area contributed by atoms with Crippen molar-refractivity contribution in [3.8, 4) is 5.69 Å². The molecule has 1 aromatic carbocycles. The summed E-state index contributed by atoms with van der Waals surface area (Å²) in [6.45, 7) is 0.0161. The molecule has 0 fully saturated rings. The van der Waals surface area contributed by atoms with Crippen LogP contribution in [0.4, 0.5) is 13.2 Å².